The van der Waals surface area contributed by atoms with Gasteiger partial charge in [0, 0.05) is 24.0 Å². The number of hydrogen-bond acceptors (Lipinski definition) is 2. The Labute approximate surface area is 154 Å². The summed E-state index contributed by atoms with van der Waals surface area (Å²) in [5.74, 6) is -0.00471. The molecular formula is C22H25N3O. The van der Waals surface area contributed by atoms with Gasteiger partial charge in [-0.3, -0.25) is 9.48 Å². The van der Waals surface area contributed by atoms with Gasteiger partial charge in [0.15, 0.2) is 0 Å². The maximum Gasteiger partial charge on any atom is 0.252 e. The van der Waals surface area contributed by atoms with E-state index in [9.17, 15) is 4.79 Å². The minimum absolute atomic E-state index is 0.00471. The molecule has 0 atom stereocenters. The predicted octanol–water partition coefficient (Wildman–Crippen LogP) is 4.52. The molecule has 4 nitrogen and oxygen atoms in total. The summed E-state index contributed by atoms with van der Waals surface area (Å²) in [6, 6.07) is 18.2. The van der Waals surface area contributed by atoms with Crippen molar-refractivity contribution in [3.05, 3.63) is 78.1 Å². The molecule has 3 rings (SSSR count). The fourth-order valence-corrected chi connectivity index (χ4v) is 3.06. The van der Waals surface area contributed by atoms with Gasteiger partial charge < -0.3 is 5.32 Å². The van der Waals surface area contributed by atoms with Crippen LogP contribution in [0.15, 0.2) is 67.0 Å². The first kappa shape index (κ1) is 17.9. The Morgan fingerprint density at radius 1 is 1.04 bits per heavy atom. The van der Waals surface area contributed by atoms with Gasteiger partial charge in [-0.2, -0.15) is 5.10 Å². The molecule has 2 aromatic carbocycles. The number of hydrogen-bond donors (Lipinski definition) is 1. The largest absolute Gasteiger partial charge is 0.349 e. The molecule has 0 fully saturated rings. The molecule has 26 heavy (non-hydrogen) atoms. The lowest BCUT2D eigenvalue weighted by atomic mass is 9.97. The van der Waals surface area contributed by atoms with Crippen molar-refractivity contribution in [2.24, 2.45) is 0 Å². The van der Waals surface area contributed by atoms with E-state index in [2.05, 4.69) is 48.5 Å². The molecule has 0 radical (unpaired) electrons. The van der Waals surface area contributed by atoms with Gasteiger partial charge in [0.05, 0.1) is 6.54 Å². The van der Waals surface area contributed by atoms with Gasteiger partial charge >= 0.3 is 0 Å². The zero-order valence-electron chi connectivity index (χ0n) is 15.4. The SMILES string of the molecule is CCC(CC)NC(=O)c1ccccc1-c1ccc(Cn2cccn2)cc1. The monoisotopic (exact) mass is 347 g/mol. The number of nitrogens with one attached hydrogen (secondary N) is 1. The summed E-state index contributed by atoms with van der Waals surface area (Å²) in [5.41, 5.74) is 3.90. The van der Waals surface area contributed by atoms with Crippen LogP contribution in [0.25, 0.3) is 11.1 Å². The Balaban J connectivity index is 1.82. The third kappa shape index (κ3) is 4.20. The second-order valence-electron chi connectivity index (χ2n) is 6.43. The van der Waals surface area contributed by atoms with Crippen LogP contribution in [0.5, 0.6) is 0 Å². The van der Waals surface area contributed by atoms with Crippen LogP contribution in [0.1, 0.15) is 42.6 Å². The number of amides is 1. The number of aromatic nitrogens is 2. The van der Waals surface area contributed by atoms with Gasteiger partial charge in [0.1, 0.15) is 0 Å². The molecule has 1 aromatic heterocycles. The van der Waals surface area contributed by atoms with Crippen molar-refractivity contribution >= 4 is 5.91 Å². The molecule has 0 aliphatic heterocycles. The Morgan fingerprint density at radius 2 is 1.77 bits per heavy atom. The second-order valence-corrected chi connectivity index (χ2v) is 6.43. The van der Waals surface area contributed by atoms with Crippen LogP contribution in [-0.4, -0.2) is 21.7 Å². The van der Waals surface area contributed by atoms with E-state index in [1.807, 2.05) is 41.2 Å². The molecule has 0 aliphatic rings. The highest BCUT2D eigenvalue weighted by atomic mass is 16.1. The maximum atomic E-state index is 12.7. The molecule has 1 N–H and O–H groups in total. The standard InChI is InChI=1S/C22H25N3O/c1-3-19(4-2)24-22(26)21-9-6-5-8-20(21)18-12-10-17(11-13-18)16-25-15-7-14-23-25/h5-15,19H,3-4,16H2,1-2H3,(H,24,26). The van der Waals surface area contributed by atoms with E-state index in [1.54, 1.807) is 6.20 Å². The maximum absolute atomic E-state index is 12.7. The van der Waals surface area contributed by atoms with E-state index in [0.717, 1.165) is 36.1 Å². The van der Waals surface area contributed by atoms with Gasteiger partial charge in [-0.25, -0.2) is 0 Å². The minimum Gasteiger partial charge on any atom is -0.349 e. The van der Waals surface area contributed by atoms with E-state index in [4.69, 9.17) is 0 Å². The van der Waals surface area contributed by atoms with Crippen molar-refractivity contribution in [3.63, 3.8) is 0 Å². The van der Waals surface area contributed by atoms with Gasteiger partial charge in [0.2, 0.25) is 0 Å². The highest BCUT2D eigenvalue weighted by molar-refractivity contribution is 6.01. The van der Waals surface area contributed by atoms with E-state index in [0.29, 0.717) is 0 Å². The van der Waals surface area contributed by atoms with E-state index < -0.39 is 0 Å². The number of rotatable bonds is 7. The zero-order valence-corrected chi connectivity index (χ0v) is 15.4. The molecule has 0 bridgehead atoms. The average Bonchev–Trinajstić information content (AvgIpc) is 3.19. The van der Waals surface area contributed by atoms with Crippen LogP contribution in [0.4, 0.5) is 0 Å². The van der Waals surface area contributed by atoms with Gasteiger partial charge in [-0.05, 0) is 41.7 Å². The highest BCUT2D eigenvalue weighted by Gasteiger charge is 2.15. The molecule has 0 unspecified atom stereocenters. The Bertz CT molecular complexity index is 834. The van der Waals surface area contributed by atoms with Crippen LogP contribution in [-0.2, 0) is 6.54 Å². The number of benzene rings is 2. The van der Waals surface area contributed by atoms with Crippen molar-refractivity contribution in [3.8, 4) is 11.1 Å². The minimum atomic E-state index is -0.00471. The zero-order chi connectivity index (χ0) is 18.4. The fraction of sp³-hybridized carbons (Fsp3) is 0.273. The fourth-order valence-electron chi connectivity index (χ4n) is 3.06. The molecule has 3 aromatic rings. The lowest BCUT2D eigenvalue weighted by Gasteiger charge is -2.16. The summed E-state index contributed by atoms with van der Waals surface area (Å²) in [6.45, 7) is 4.93. The van der Waals surface area contributed by atoms with E-state index in [-0.39, 0.29) is 11.9 Å². The normalized spacial score (nSPS) is 10.9. The summed E-state index contributed by atoms with van der Waals surface area (Å²) in [5, 5.41) is 7.37. The van der Waals surface area contributed by atoms with Crippen LogP contribution < -0.4 is 5.32 Å². The van der Waals surface area contributed by atoms with Crippen molar-refractivity contribution < 1.29 is 4.79 Å². The summed E-state index contributed by atoms with van der Waals surface area (Å²) in [4.78, 5) is 12.7. The van der Waals surface area contributed by atoms with E-state index in [1.165, 1.54) is 5.56 Å². The Morgan fingerprint density at radius 3 is 2.42 bits per heavy atom. The molecule has 0 saturated heterocycles. The number of nitrogens with zero attached hydrogens (tertiary/aromatic N) is 2. The summed E-state index contributed by atoms with van der Waals surface area (Å²) in [7, 11) is 0. The topological polar surface area (TPSA) is 46.9 Å². The third-order valence-electron chi connectivity index (χ3n) is 4.66. The van der Waals surface area contributed by atoms with Crippen LogP contribution >= 0.6 is 0 Å². The molecule has 134 valence electrons. The highest BCUT2D eigenvalue weighted by Crippen LogP contribution is 2.24. The van der Waals surface area contributed by atoms with Crippen LogP contribution in [0.2, 0.25) is 0 Å². The Kier molecular flexibility index (Phi) is 5.84. The van der Waals surface area contributed by atoms with Crippen molar-refractivity contribution in [1.82, 2.24) is 15.1 Å². The first-order valence-electron chi connectivity index (χ1n) is 9.18. The van der Waals surface area contributed by atoms with Gasteiger partial charge in [0.25, 0.3) is 5.91 Å². The smallest absolute Gasteiger partial charge is 0.252 e. The quantitative estimate of drug-likeness (QED) is 0.683. The van der Waals surface area contributed by atoms with Crippen molar-refractivity contribution in [2.75, 3.05) is 0 Å². The molecular weight excluding hydrogens is 322 g/mol. The van der Waals surface area contributed by atoms with Gasteiger partial charge in [-0.15, -0.1) is 0 Å². The molecule has 4 heteroatoms. The number of carbonyl (C=O) groups excluding carboxylic acids is 1. The summed E-state index contributed by atoms with van der Waals surface area (Å²) >= 11 is 0. The lowest BCUT2D eigenvalue weighted by molar-refractivity contribution is 0.0935. The molecule has 1 heterocycles. The Hall–Kier alpha value is -2.88. The average molecular weight is 347 g/mol. The van der Waals surface area contributed by atoms with Crippen molar-refractivity contribution in [2.45, 2.75) is 39.3 Å². The molecule has 0 spiro atoms. The summed E-state index contributed by atoms with van der Waals surface area (Å²) < 4.78 is 1.89. The van der Waals surface area contributed by atoms with Crippen molar-refractivity contribution in [1.29, 1.82) is 0 Å². The van der Waals surface area contributed by atoms with Crippen LogP contribution in [0, 0.1) is 0 Å². The van der Waals surface area contributed by atoms with Crippen LogP contribution in [0.3, 0.4) is 0 Å². The molecule has 1 amide bonds. The molecule has 0 aliphatic carbocycles. The third-order valence-corrected chi connectivity index (χ3v) is 4.66. The molecule has 0 saturated carbocycles. The first-order valence-corrected chi connectivity index (χ1v) is 9.18. The first-order chi connectivity index (χ1) is 12.7. The lowest BCUT2D eigenvalue weighted by Crippen LogP contribution is -2.34. The van der Waals surface area contributed by atoms with E-state index >= 15 is 0 Å². The predicted molar refractivity (Wildman–Crippen MR) is 105 cm³/mol. The van der Waals surface area contributed by atoms with Gasteiger partial charge in [-0.1, -0.05) is 56.3 Å². The summed E-state index contributed by atoms with van der Waals surface area (Å²) in [6.07, 6.45) is 5.60. The second kappa shape index (κ2) is 8.48. The number of carbonyl (C=O) groups is 1.